The van der Waals surface area contributed by atoms with Gasteiger partial charge in [-0.1, -0.05) is 17.7 Å². The second kappa shape index (κ2) is 9.58. The topological polar surface area (TPSA) is 83.4 Å². The van der Waals surface area contributed by atoms with E-state index in [1.54, 1.807) is 79.9 Å². The zero-order valence-electron chi connectivity index (χ0n) is 17.7. The Kier molecular flexibility index (Phi) is 6.42. The number of hydrogen-bond acceptors (Lipinski definition) is 7. The lowest BCUT2D eigenvalue weighted by molar-refractivity contribution is -0.129. The van der Waals surface area contributed by atoms with Crippen LogP contribution in [-0.4, -0.2) is 32.1 Å². The monoisotopic (exact) mass is 463 g/mol. The van der Waals surface area contributed by atoms with Crippen molar-refractivity contribution >= 4 is 35.5 Å². The van der Waals surface area contributed by atoms with Gasteiger partial charge in [-0.3, -0.25) is 0 Å². The summed E-state index contributed by atoms with van der Waals surface area (Å²) in [5, 5.41) is 0.569. The first-order chi connectivity index (χ1) is 16.0. The van der Waals surface area contributed by atoms with Gasteiger partial charge in [0.1, 0.15) is 5.75 Å². The van der Waals surface area contributed by atoms with E-state index < -0.39 is 11.9 Å². The number of carbonyl (C=O) groups excluding carboxylic acids is 2. The van der Waals surface area contributed by atoms with E-state index >= 15 is 0 Å². The lowest BCUT2D eigenvalue weighted by Gasteiger charge is -2.10. The van der Waals surface area contributed by atoms with Crippen molar-refractivity contribution in [3.05, 3.63) is 94.1 Å². The zero-order valence-corrected chi connectivity index (χ0v) is 18.5. The third kappa shape index (κ3) is 5.05. The van der Waals surface area contributed by atoms with Gasteiger partial charge in [-0.05, 0) is 72.3 Å². The Balaban J connectivity index is 1.54. The van der Waals surface area contributed by atoms with Crippen molar-refractivity contribution in [1.29, 1.82) is 0 Å². The molecular weight excluding hydrogens is 446 g/mol. The molecule has 8 heteroatoms. The Hall–Kier alpha value is -4.10. The summed E-state index contributed by atoms with van der Waals surface area (Å²) in [4.78, 5) is 29.0. The summed E-state index contributed by atoms with van der Waals surface area (Å²) in [7, 11) is 3.00. The van der Waals surface area contributed by atoms with Crippen LogP contribution in [0.25, 0.3) is 6.08 Å². The molecule has 0 atom stereocenters. The summed E-state index contributed by atoms with van der Waals surface area (Å²) in [6.07, 6.45) is 1.56. The molecule has 0 radical (unpaired) electrons. The average Bonchev–Trinajstić information content (AvgIpc) is 3.20. The maximum atomic E-state index is 12.5. The Morgan fingerprint density at radius 3 is 2.33 bits per heavy atom. The molecule has 166 valence electrons. The highest BCUT2D eigenvalue weighted by atomic mass is 35.5. The molecule has 0 unspecified atom stereocenters. The molecule has 0 amide bonds. The van der Waals surface area contributed by atoms with E-state index in [0.29, 0.717) is 33.2 Å². The largest absolute Gasteiger partial charge is 0.497 e. The van der Waals surface area contributed by atoms with Crippen LogP contribution in [0.5, 0.6) is 17.2 Å². The van der Waals surface area contributed by atoms with Crippen molar-refractivity contribution in [2.24, 2.45) is 4.99 Å². The summed E-state index contributed by atoms with van der Waals surface area (Å²) < 4.78 is 21.2. The number of hydrogen-bond donors (Lipinski definition) is 0. The number of benzene rings is 3. The molecule has 3 aromatic rings. The van der Waals surface area contributed by atoms with Crippen LogP contribution in [0.15, 0.2) is 77.4 Å². The summed E-state index contributed by atoms with van der Waals surface area (Å²) in [6.45, 7) is 0. The zero-order chi connectivity index (χ0) is 23.4. The van der Waals surface area contributed by atoms with Gasteiger partial charge in [0.15, 0.2) is 17.2 Å². The van der Waals surface area contributed by atoms with E-state index in [1.807, 2.05) is 0 Å². The lowest BCUT2D eigenvalue weighted by atomic mass is 10.1. The lowest BCUT2D eigenvalue weighted by Crippen LogP contribution is -2.09. The quantitative estimate of drug-likeness (QED) is 0.293. The van der Waals surface area contributed by atoms with Gasteiger partial charge in [0, 0.05) is 10.6 Å². The van der Waals surface area contributed by atoms with Crippen molar-refractivity contribution in [2.45, 2.75) is 0 Å². The van der Waals surface area contributed by atoms with Gasteiger partial charge in [0.2, 0.25) is 5.90 Å². The predicted octanol–water partition coefficient (Wildman–Crippen LogP) is 4.92. The standard InChI is InChI=1S/C25H18ClNO6/c1-30-19-10-6-17(7-11-19)24(28)32-21-12-3-15(14-22(21)31-2)13-20-25(29)33-23(27-20)16-4-8-18(26)9-5-16/h3-14H,1-2H3. The van der Waals surface area contributed by atoms with Gasteiger partial charge in [-0.2, -0.15) is 0 Å². The smallest absolute Gasteiger partial charge is 0.363 e. The molecule has 0 bridgehead atoms. The van der Waals surface area contributed by atoms with Gasteiger partial charge in [-0.15, -0.1) is 0 Å². The van der Waals surface area contributed by atoms with Crippen molar-refractivity contribution in [2.75, 3.05) is 14.2 Å². The number of nitrogens with zero attached hydrogens (tertiary/aromatic N) is 1. The molecule has 1 aliphatic heterocycles. The van der Waals surface area contributed by atoms with Crippen LogP contribution < -0.4 is 14.2 Å². The number of esters is 2. The van der Waals surface area contributed by atoms with Gasteiger partial charge in [0.25, 0.3) is 0 Å². The number of ether oxygens (including phenoxy) is 4. The second-order valence-electron chi connectivity index (χ2n) is 6.87. The number of cyclic esters (lactones) is 1. The van der Waals surface area contributed by atoms with Gasteiger partial charge in [0.05, 0.1) is 19.8 Å². The molecule has 3 aromatic carbocycles. The molecule has 0 aromatic heterocycles. The normalized spacial score (nSPS) is 14.0. The molecule has 4 rings (SSSR count). The third-order valence-electron chi connectivity index (χ3n) is 4.73. The van der Waals surface area contributed by atoms with Crippen LogP contribution in [0.4, 0.5) is 0 Å². The van der Waals surface area contributed by atoms with E-state index in [4.69, 9.17) is 30.5 Å². The highest BCUT2D eigenvalue weighted by molar-refractivity contribution is 6.30. The summed E-state index contributed by atoms with van der Waals surface area (Å²) >= 11 is 5.90. The van der Waals surface area contributed by atoms with Crippen LogP contribution in [0, 0.1) is 0 Å². The van der Waals surface area contributed by atoms with Gasteiger partial charge in [-0.25, -0.2) is 14.6 Å². The summed E-state index contributed by atoms with van der Waals surface area (Å²) in [5.74, 6) is 0.264. The minimum absolute atomic E-state index is 0.130. The van der Waals surface area contributed by atoms with Crippen molar-refractivity contribution < 1.29 is 28.5 Å². The maximum Gasteiger partial charge on any atom is 0.363 e. The van der Waals surface area contributed by atoms with Crippen LogP contribution in [0.3, 0.4) is 0 Å². The molecule has 0 saturated carbocycles. The molecule has 0 aliphatic carbocycles. The number of rotatable bonds is 6. The number of aliphatic imine (C=N–C) groups is 1. The van der Waals surface area contributed by atoms with Crippen LogP contribution >= 0.6 is 11.6 Å². The Bertz CT molecular complexity index is 1260. The molecule has 0 N–H and O–H groups in total. The molecule has 7 nitrogen and oxygen atoms in total. The second-order valence-corrected chi connectivity index (χ2v) is 7.31. The molecule has 0 spiro atoms. The molecule has 1 aliphatic rings. The maximum absolute atomic E-state index is 12.5. The van der Waals surface area contributed by atoms with Crippen LogP contribution in [-0.2, 0) is 9.53 Å². The first kappa shape index (κ1) is 22.1. The van der Waals surface area contributed by atoms with Crippen LogP contribution in [0.2, 0.25) is 5.02 Å². The number of methoxy groups -OCH3 is 2. The van der Waals surface area contributed by atoms with Gasteiger partial charge < -0.3 is 18.9 Å². The molecule has 1 heterocycles. The van der Waals surface area contributed by atoms with E-state index in [2.05, 4.69) is 4.99 Å². The first-order valence-electron chi connectivity index (χ1n) is 9.79. The number of halogens is 1. The van der Waals surface area contributed by atoms with E-state index in [-0.39, 0.29) is 17.3 Å². The Morgan fingerprint density at radius 2 is 1.67 bits per heavy atom. The third-order valence-corrected chi connectivity index (χ3v) is 4.98. The Morgan fingerprint density at radius 1 is 0.939 bits per heavy atom. The SMILES string of the molecule is COc1ccc(C(=O)Oc2ccc(C=C3N=C(c4ccc(Cl)cc4)OC3=O)cc2OC)cc1. The van der Waals surface area contributed by atoms with E-state index in [1.165, 1.54) is 7.11 Å². The van der Waals surface area contributed by atoms with Crippen LogP contribution in [0.1, 0.15) is 21.5 Å². The molecule has 0 fully saturated rings. The minimum Gasteiger partial charge on any atom is -0.497 e. The Labute approximate surface area is 194 Å². The fourth-order valence-corrected chi connectivity index (χ4v) is 3.15. The minimum atomic E-state index is -0.575. The summed E-state index contributed by atoms with van der Waals surface area (Å²) in [6, 6.07) is 18.2. The summed E-state index contributed by atoms with van der Waals surface area (Å²) in [5.41, 5.74) is 1.74. The van der Waals surface area contributed by atoms with Crippen molar-refractivity contribution in [3.63, 3.8) is 0 Å². The van der Waals surface area contributed by atoms with E-state index in [9.17, 15) is 9.59 Å². The highest BCUT2D eigenvalue weighted by Gasteiger charge is 2.24. The first-order valence-corrected chi connectivity index (χ1v) is 10.2. The number of carbonyl (C=O) groups is 2. The van der Waals surface area contributed by atoms with E-state index in [0.717, 1.165) is 0 Å². The fourth-order valence-electron chi connectivity index (χ4n) is 3.03. The predicted molar refractivity (Wildman–Crippen MR) is 123 cm³/mol. The fraction of sp³-hybridized carbons (Fsp3) is 0.0800. The molecule has 0 saturated heterocycles. The molecular formula is C25H18ClNO6. The molecule has 33 heavy (non-hydrogen) atoms. The highest BCUT2D eigenvalue weighted by Crippen LogP contribution is 2.30. The average molecular weight is 464 g/mol. The van der Waals surface area contributed by atoms with Crippen molar-refractivity contribution in [1.82, 2.24) is 0 Å². The van der Waals surface area contributed by atoms with Gasteiger partial charge >= 0.3 is 11.9 Å². The van der Waals surface area contributed by atoms with Crippen molar-refractivity contribution in [3.8, 4) is 17.2 Å².